The lowest BCUT2D eigenvalue weighted by Crippen LogP contribution is -2.09. The maximum absolute atomic E-state index is 11.5. The maximum Gasteiger partial charge on any atom is 0.310 e. The summed E-state index contributed by atoms with van der Waals surface area (Å²) in [6.45, 7) is 2.41. The Morgan fingerprint density at radius 2 is 2.16 bits per heavy atom. The predicted octanol–water partition coefficient (Wildman–Crippen LogP) is 2.49. The summed E-state index contributed by atoms with van der Waals surface area (Å²) in [7, 11) is 1.35. The van der Waals surface area contributed by atoms with E-state index in [1.165, 1.54) is 25.3 Å². The number of rotatable bonds is 7. The largest absolute Gasteiger partial charge is 0.490 e. The van der Waals surface area contributed by atoms with Crippen molar-refractivity contribution in [3.8, 4) is 5.75 Å². The number of nitrogens with zero attached hydrogens (tertiary/aromatic N) is 1. The second kappa shape index (κ2) is 7.35. The van der Waals surface area contributed by atoms with Crippen molar-refractivity contribution in [1.29, 1.82) is 0 Å². The van der Waals surface area contributed by atoms with Gasteiger partial charge in [-0.05, 0) is 18.1 Å². The van der Waals surface area contributed by atoms with Gasteiger partial charge in [0.15, 0.2) is 5.75 Å². The van der Waals surface area contributed by atoms with Gasteiger partial charge in [0.05, 0.1) is 25.1 Å². The van der Waals surface area contributed by atoms with E-state index in [4.69, 9.17) is 9.47 Å². The van der Waals surface area contributed by atoms with E-state index in [1.807, 2.05) is 6.92 Å². The topological polar surface area (TPSA) is 78.7 Å². The van der Waals surface area contributed by atoms with Gasteiger partial charge in [-0.15, -0.1) is 0 Å². The molecule has 0 aliphatic rings. The van der Waals surface area contributed by atoms with E-state index in [-0.39, 0.29) is 23.8 Å². The minimum atomic E-state index is -0.526. The number of hydrogen-bond donors (Lipinski definition) is 0. The molecule has 6 nitrogen and oxygen atoms in total. The summed E-state index contributed by atoms with van der Waals surface area (Å²) >= 11 is 0. The SMILES string of the molecule is CCCCOC(=O)Cc1ccc([N+](=O)[O-])c(OC)c1. The Morgan fingerprint density at radius 1 is 1.42 bits per heavy atom. The molecule has 104 valence electrons. The van der Waals surface area contributed by atoms with Gasteiger partial charge >= 0.3 is 11.7 Å². The Kier molecular flexibility index (Phi) is 5.78. The summed E-state index contributed by atoms with van der Waals surface area (Å²) in [5.41, 5.74) is 0.509. The minimum Gasteiger partial charge on any atom is -0.490 e. The van der Waals surface area contributed by atoms with Gasteiger partial charge in [0.25, 0.3) is 0 Å². The van der Waals surface area contributed by atoms with Crippen molar-refractivity contribution in [3.63, 3.8) is 0 Å². The summed E-state index contributed by atoms with van der Waals surface area (Å²) in [6, 6.07) is 4.34. The van der Waals surface area contributed by atoms with Crippen LogP contribution in [0, 0.1) is 10.1 Å². The summed E-state index contributed by atoms with van der Waals surface area (Å²) in [5, 5.41) is 10.7. The van der Waals surface area contributed by atoms with Gasteiger partial charge in [-0.25, -0.2) is 0 Å². The van der Waals surface area contributed by atoms with Crippen molar-refractivity contribution in [2.24, 2.45) is 0 Å². The fraction of sp³-hybridized carbons (Fsp3) is 0.462. The van der Waals surface area contributed by atoms with Crippen molar-refractivity contribution in [1.82, 2.24) is 0 Å². The summed E-state index contributed by atoms with van der Waals surface area (Å²) < 4.78 is 9.96. The highest BCUT2D eigenvalue weighted by Gasteiger charge is 2.16. The molecule has 0 saturated heterocycles. The van der Waals surface area contributed by atoms with Crippen LogP contribution in [0.3, 0.4) is 0 Å². The van der Waals surface area contributed by atoms with E-state index in [1.54, 1.807) is 0 Å². The van der Waals surface area contributed by atoms with Gasteiger partial charge in [-0.3, -0.25) is 14.9 Å². The molecule has 0 spiro atoms. The number of methoxy groups -OCH3 is 1. The maximum atomic E-state index is 11.5. The first-order chi connectivity index (χ1) is 9.08. The van der Waals surface area contributed by atoms with Crippen molar-refractivity contribution < 1.29 is 19.2 Å². The highest BCUT2D eigenvalue weighted by Crippen LogP contribution is 2.27. The Hall–Kier alpha value is -2.11. The molecule has 0 aliphatic heterocycles. The van der Waals surface area contributed by atoms with Gasteiger partial charge in [0.1, 0.15) is 0 Å². The van der Waals surface area contributed by atoms with Crippen LogP contribution in [0.4, 0.5) is 5.69 Å². The molecule has 0 N–H and O–H groups in total. The lowest BCUT2D eigenvalue weighted by Gasteiger charge is -2.06. The number of nitro groups is 1. The van der Waals surface area contributed by atoms with Crippen LogP contribution in [-0.4, -0.2) is 24.6 Å². The second-order valence-electron chi connectivity index (χ2n) is 4.01. The van der Waals surface area contributed by atoms with Crippen LogP contribution in [0.15, 0.2) is 18.2 Å². The second-order valence-corrected chi connectivity index (χ2v) is 4.01. The Balaban J connectivity index is 2.69. The predicted molar refractivity (Wildman–Crippen MR) is 69.2 cm³/mol. The average Bonchev–Trinajstić information content (AvgIpc) is 2.38. The van der Waals surface area contributed by atoms with E-state index >= 15 is 0 Å². The number of esters is 1. The first-order valence-corrected chi connectivity index (χ1v) is 6.05. The van der Waals surface area contributed by atoms with Crippen molar-refractivity contribution in [2.45, 2.75) is 26.2 Å². The summed E-state index contributed by atoms with van der Waals surface area (Å²) in [5.74, 6) is -0.201. The number of benzene rings is 1. The minimum absolute atomic E-state index is 0.0814. The van der Waals surface area contributed by atoms with E-state index in [2.05, 4.69) is 0 Å². The van der Waals surface area contributed by atoms with Crippen LogP contribution in [-0.2, 0) is 16.0 Å². The molecule has 0 aromatic heterocycles. The number of nitro benzene ring substituents is 1. The third-order valence-electron chi connectivity index (χ3n) is 2.55. The fourth-order valence-electron chi connectivity index (χ4n) is 1.53. The number of hydrogen-bond acceptors (Lipinski definition) is 5. The smallest absolute Gasteiger partial charge is 0.310 e. The first kappa shape index (κ1) is 14.9. The van der Waals surface area contributed by atoms with Gasteiger partial charge in [-0.1, -0.05) is 19.4 Å². The van der Waals surface area contributed by atoms with Crippen LogP contribution in [0.25, 0.3) is 0 Å². The van der Waals surface area contributed by atoms with E-state index in [0.717, 1.165) is 12.8 Å². The summed E-state index contributed by atoms with van der Waals surface area (Å²) in [4.78, 5) is 21.7. The Bertz CT molecular complexity index is 458. The van der Waals surface area contributed by atoms with E-state index < -0.39 is 4.92 Å². The van der Waals surface area contributed by atoms with Crippen LogP contribution in [0.2, 0.25) is 0 Å². The molecule has 19 heavy (non-hydrogen) atoms. The molecule has 0 radical (unpaired) electrons. The molecule has 0 aliphatic carbocycles. The molecule has 0 heterocycles. The molecule has 0 saturated carbocycles. The van der Waals surface area contributed by atoms with Crippen molar-refractivity contribution >= 4 is 11.7 Å². The monoisotopic (exact) mass is 267 g/mol. The molecule has 0 unspecified atom stereocenters. The Labute approximate surface area is 111 Å². The average molecular weight is 267 g/mol. The van der Waals surface area contributed by atoms with E-state index in [0.29, 0.717) is 12.2 Å². The molecule has 0 amide bonds. The molecule has 0 atom stereocenters. The van der Waals surface area contributed by atoms with Crippen LogP contribution in [0.1, 0.15) is 25.3 Å². The molecular formula is C13H17NO5. The van der Waals surface area contributed by atoms with Crippen LogP contribution >= 0.6 is 0 Å². The lowest BCUT2D eigenvalue weighted by molar-refractivity contribution is -0.385. The van der Waals surface area contributed by atoms with Crippen molar-refractivity contribution in [3.05, 3.63) is 33.9 Å². The van der Waals surface area contributed by atoms with Gasteiger partial charge in [-0.2, -0.15) is 0 Å². The molecule has 6 heteroatoms. The molecule has 1 aromatic carbocycles. The normalized spacial score (nSPS) is 10.0. The zero-order valence-electron chi connectivity index (χ0n) is 11.0. The summed E-state index contributed by atoms with van der Waals surface area (Å²) in [6.07, 6.45) is 1.87. The van der Waals surface area contributed by atoms with Crippen molar-refractivity contribution in [2.75, 3.05) is 13.7 Å². The standard InChI is InChI=1S/C13H17NO5/c1-3-4-7-19-13(15)9-10-5-6-11(14(16)17)12(8-10)18-2/h5-6,8H,3-4,7,9H2,1-2H3. The Morgan fingerprint density at radius 3 is 2.74 bits per heavy atom. The van der Waals surface area contributed by atoms with Crippen LogP contribution < -0.4 is 4.74 Å². The fourth-order valence-corrected chi connectivity index (χ4v) is 1.53. The van der Waals surface area contributed by atoms with Gasteiger partial charge < -0.3 is 9.47 Å². The third kappa shape index (κ3) is 4.57. The highest BCUT2D eigenvalue weighted by molar-refractivity contribution is 5.73. The highest BCUT2D eigenvalue weighted by atomic mass is 16.6. The zero-order chi connectivity index (χ0) is 14.3. The zero-order valence-corrected chi connectivity index (χ0v) is 11.0. The molecule has 1 rings (SSSR count). The molecule has 0 bridgehead atoms. The van der Waals surface area contributed by atoms with Gasteiger partial charge in [0, 0.05) is 6.07 Å². The van der Waals surface area contributed by atoms with Gasteiger partial charge in [0.2, 0.25) is 0 Å². The number of carbonyl (C=O) groups is 1. The van der Waals surface area contributed by atoms with Crippen LogP contribution in [0.5, 0.6) is 5.75 Å². The molecule has 1 aromatic rings. The number of carbonyl (C=O) groups excluding carboxylic acids is 1. The molecular weight excluding hydrogens is 250 g/mol. The quantitative estimate of drug-likeness (QED) is 0.328. The third-order valence-corrected chi connectivity index (χ3v) is 2.55. The first-order valence-electron chi connectivity index (χ1n) is 6.05. The number of ether oxygens (including phenoxy) is 2. The number of unbranched alkanes of at least 4 members (excludes halogenated alkanes) is 1. The lowest BCUT2D eigenvalue weighted by atomic mass is 10.1. The van der Waals surface area contributed by atoms with E-state index in [9.17, 15) is 14.9 Å². The molecule has 0 fully saturated rings.